The predicted molar refractivity (Wildman–Crippen MR) is 65.7 cm³/mol. The average molecular weight is 294 g/mol. The van der Waals surface area contributed by atoms with E-state index in [-0.39, 0.29) is 5.91 Å². The highest BCUT2D eigenvalue weighted by molar-refractivity contribution is 9.09. The Morgan fingerprint density at radius 2 is 2.06 bits per heavy atom. The number of halogens is 1. The van der Waals surface area contributed by atoms with E-state index in [1.807, 2.05) is 0 Å². The van der Waals surface area contributed by atoms with Crippen molar-refractivity contribution in [3.8, 4) is 0 Å². The number of amides is 1. The van der Waals surface area contributed by atoms with Gasteiger partial charge < -0.3 is 15.2 Å². The molecule has 0 spiro atoms. The van der Waals surface area contributed by atoms with Gasteiger partial charge in [0, 0.05) is 44.4 Å². The number of alkyl halides is 1. The van der Waals surface area contributed by atoms with Crippen LogP contribution in [-0.2, 0) is 9.53 Å². The van der Waals surface area contributed by atoms with Crippen molar-refractivity contribution in [2.75, 3.05) is 25.1 Å². The summed E-state index contributed by atoms with van der Waals surface area (Å²) in [6.45, 7) is 1.51. The molecule has 0 unspecified atom stereocenters. The summed E-state index contributed by atoms with van der Waals surface area (Å²) in [6.07, 6.45) is 3.64. The van der Waals surface area contributed by atoms with Crippen molar-refractivity contribution in [2.45, 2.75) is 37.7 Å². The van der Waals surface area contributed by atoms with Crippen molar-refractivity contribution in [2.24, 2.45) is 0 Å². The number of carbonyl (C=O) groups is 1. The number of unbranched alkanes of at least 4 members (excludes halogenated alkanes) is 1. The van der Waals surface area contributed by atoms with Gasteiger partial charge in [-0.2, -0.15) is 0 Å². The van der Waals surface area contributed by atoms with Crippen LogP contribution in [0.15, 0.2) is 0 Å². The molecule has 1 aliphatic rings. The van der Waals surface area contributed by atoms with Gasteiger partial charge in [0.05, 0.1) is 5.60 Å². The van der Waals surface area contributed by atoms with Gasteiger partial charge >= 0.3 is 0 Å². The van der Waals surface area contributed by atoms with Gasteiger partial charge in [-0.1, -0.05) is 15.9 Å². The maximum atomic E-state index is 11.4. The van der Waals surface area contributed by atoms with Crippen molar-refractivity contribution < 1.29 is 14.6 Å². The molecule has 1 fully saturated rings. The van der Waals surface area contributed by atoms with Gasteiger partial charge in [-0.15, -0.1) is 0 Å². The Labute approximate surface area is 105 Å². The molecule has 1 saturated heterocycles. The maximum Gasteiger partial charge on any atom is 0.220 e. The lowest BCUT2D eigenvalue weighted by Gasteiger charge is -2.32. The van der Waals surface area contributed by atoms with Crippen LogP contribution >= 0.6 is 15.9 Å². The molecule has 0 saturated carbocycles. The van der Waals surface area contributed by atoms with E-state index in [2.05, 4.69) is 21.2 Å². The molecule has 0 aromatic rings. The monoisotopic (exact) mass is 293 g/mol. The van der Waals surface area contributed by atoms with E-state index in [4.69, 9.17) is 4.74 Å². The fraction of sp³-hybridized carbons (Fsp3) is 0.909. The lowest BCUT2D eigenvalue weighted by Crippen LogP contribution is -2.46. The normalized spacial score (nSPS) is 19.4. The van der Waals surface area contributed by atoms with Crippen LogP contribution in [0, 0.1) is 0 Å². The Balaban J connectivity index is 2.14. The number of carbonyl (C=O) groups excluding carboxylic acids is 1. The standard InChI is InChI=1S/C11H20BrNO3/c12-6-2-1-3-10(14)13-9-11(15)4-7-16-8-5-11/h15H,1-9H2,(H,13,14). The number of nitrogens with one attached hydrogen (secondary N) is 1. The van der Waals surface area contributed by atoms with Crippen molar-refractivity contribution in [3.63, 3.8) is 0 Å². The Morgan fingerprint density at radius 1 is 1.38 bits per heavy atom. The first-order chi connectivity index (χ1) is 7.66. The van der Waals surface area contributed by atoms with Crippen LogP contribution in [0.1, 0.15) is 32.1 Å². The van der Waals surface area contributed by atoms with Crippen molar-refractivity contribution >= 4 is 21.8 Å². The van der Waals surface area contributed by atoms with E-state index in [0.29, 0.717) is 39.0 Å². The third-order valence-electron chi connectivity index (χ3n) is 2.83. The average Bonchev–Trinajstić information content (AvgIpc) is 2.28. The predicted octanol–water partition coefficient (Wildman–Crippen LogP) is 1.21. The van der Waals surface area contributed by atoms with Gasteiger partial charge in [-0.3, -0.25) is 4.79 Å². The van der Waals surface area contributed by atoms with Crippen LogP contribution in [-0.4, -0.2) is 41.7 Å². The molecular formula is C11H20BrNO3. The van der Waals surface area contributed by atoms with Crippen molar-refractivity contribution in [3.05, 3.63) is 0 Å². The Morgan fingerprint density at radius 3 is 2.69 bits per heavy atom. The molecule has 5 heteroatoms. The first-order valence-corrected chi connectivity index (χ1v) is 6.91. The quantitative estimate of drug-likeness (QED) is 0.572. The minimum atomic E-state index is -0.761. The van der Waals surface area contributed by atoms with Crippen LogP contribution in [0.25, 0.3) is 0 Å². The van der Waals surface area contributed by atoms with E-state index < -0.39 is 5.60 Å². The minimum absolute atomic E-state index is 0.0286. The summed E-state index contributed by atoms with van der Waals surface area (Å²) in [4.78, 5) is 11.4. The summed E-state index contributed by atoms with van der Waals surface area (Å²) in [6, 6.07) is 0. The summed E-state index contributed by atoms with van der Waals surface area (Å²) in [5.74, 6) is 0.0286. The van der Waals surface area contributed by atoms with E-state index >= 15 is 0 Å². The fourth-order valence-corrected chi connectivity index (χ4v) is 2.06. The van der Waals surface area contributed by atoms with E-state index in [9.17, 15) is 9.90 Å². The highest BCUT2D eigenvalue weighted by atomic mass is 79.9. The number of hydrogen-bond donors (Lipinski definition) is 2. The van der Waals surface area contributed by atoms with Gasteiger partial charge in [-0.25, -0.2) is 0 Å². The SMILES string of the molecule is O=C(CCCCBr)NCC1(O)CCOCC1. The molecule has 2 N–H and O–H groups in total. The number of hydrogen-bond acceptors (Lipinski definition) is 3. The third kappa shape index (κ3) is 5.27. The van der Waals surface area contributed by atoms with Crippen LogP contribution in [0.5, 0.6) is 0 Å². The zero-order chi connectivity index (χ0) is 11.9. The molecule has 4 nitrogen and oxygen atoms in total. The minimum Gasteiger partial charge on any atom is -0.388 e. The molecular weight excluding hydrogens is 274 g/mol. The fourth-order valence-electron chi connectivity index (χ4n) is 1.66. The molecule has 0 aromatic carbocycles. The molecule has 0 aliphatic carbocycles. The van der Waals surface area contributed by atoms with Gasteiger partial charge in [0.15, 0.2) is 0 Å². The second-order valence-corrected chi connectivity index (χ2v) is 5.05. The number of ether oxygens (including phenoxy) is 1. The molecule has 1 rings (SSSR count). The van der Waals surface area contributed by atoms with Crippen LogP contribution < -0.4 is 5.32 Å². The molecule has 0 aromatic heterocycles. The molecule has 0 bridgehead atoms. The third-order valence-corrected chi connectivity index (χ3v) is 3.39. The molecule has 1 amide bonds. The highest BCUT2D eigenvalue weighted by Gasteiger charge is 2.29. The molecule has 94 valence electrons. The number of rotatable bonds is 6. The van der Waals surface area contributed by atoms with Crippen LogP contribution in [0.2, 0.25) is 0 Å². The van der Waals surface area contributed by atoms with E-state index in [0.717, 1.165) is 18.2 Å². The van der Waals surface area contributed by atoms with Gasteiger partial charge in [-0.05, 0) is 12.8 Å². The molecule has 0 radical (unpaired) electrons. The van der Waals surface area contributed by atoms with Crippen molar-refractivity contribution in [1.82, 2.24) is 5.32 Å². The smallest absolute Gasteiger partial charge is 0.220 e. The van der Waals surface area contributed by atoms with E-state index in [1.165, 1.54) is 0 Å². The van der Waals surface area contributed by atoms with Crippen LogP contribution in [0.4, 0.5) is 0 Å². The zero-order valence-electron chi connectivity index (χ0n) is 9.51. The lowest BCUT2D eigenvalue weighted by molar-refractivity contribution is -0.124. The van der Waals surface area contributed by atoms with Gasteiger partial charge in [0.25, 0.3) is 0 Å². The zero-order valence-corrected chi connectivity index (χ0v) is 11.1. The largest absolute Gasteiger partial charge is 0.388 e. The highest BCUT2D eigenvalue weighted by Crippen LogP contribution is 2.19. The second kappa shape index (κ2) is 7.25. The summed E-state index contributed by atoms with van der Waals surface area (Å²) >= 11 is 3.32. The van der Waals surface area contributed by atoms with Gasteiger partial charge in [0.1, 0.15) is 0 Å². The Kier molecular flexibility index (Phi) is 6.31. The maximum absolute atomic E-state index is 11.4. The second-order valence-electron chi connectivity index (χ2n) is 4.26. The lowest BCUT2D eigenvalue weighted by atomic mass is 9.94. The summed E-state index contributed by atoms with van der Waals surface area (Å²) in [5, 5.41) is 13.8. The first kappa shape index (κ1) is 13.9. The molecule has 1 aliphatic heterocycles. The Bertz CT molecular complexity index is 217. The van der Waals surface area contributed by atoms with Crippen molar-refractivity contribution in [1.29, 1.82) is 0 Å². The first-order valence-electron chi connectivity index (χ1n) is 5.79. The topological polar surface area (TPSA) is 58.6 Å². The number of aliphatic hydroxyl groups is 1. The van der Waals surface area contributed by atoms with E-state index in [1.54, 1.807) is 0 Å². The Hall–Kier alpha value is -0.130. The van der Waals surface area contributed by atoms with Gasteiger partial charge in [0.2, 0.25) is 5.91 Å². The molecule has 1 heterocycles. The molecule has 0 atom stereocenters. The summed E-state index contributed by atoms with van der Waals surface area (Å²) in [5.41, 5.74) is -0.761. The summed E-state index contributed by atoms with van der Waals surface area (Å²) in [7, 11) is 0. The van der Waals surface area contributed by atoms with Crippen LogP contribution in [0.3, 0.4) is 0 Å². The summed E-state index contributed by atoms with van der Waals surface area (Å²) < 4.78 is 5.17. The molecule has 16 heavy (non-hydrogen) atoms.